The lowest BCUT2D eigenvalue weighted by Crippen LogP contribution is -2.18. The highest BCUT2D eigenvalue weighted by atomic mass is 19.1. The van der Waals surface area contributed by atoms with E-state index >= 15 is 0 Å². The number of halogens is 1. The summed E-state index contributed by atoms with van der Waals surface area (Å²) in [4.78, 5) is 11.0. The molecule has 122 valence electrons. The van der Waals surface area contributed by atoms with Gasteiger partial charge in [-0.25, -0.2) is 14.4 Å². The Balaban J connectivity index is 1.93. The van der Waals surface area contributed by atoms with Gasteiger partial charge in [0.1, 0.15) is 23.3 Å². The molecule has 0 fully saturated rings. The predicted molar refractivity (Wildman–Crippen MR) is 95.6 cm³/mol. The van der Waals surface area contributed by atoms with E-state index in [1.165, 1.54) is 12.1 Å². The van der Waals surface area contributed by atoms with E-state index in [0.717, 1.165) is 18.1 Å². The molecule has 1 N–H and O–H groups in total. The number of aromatic nitrogens is 2. The smallest absolute Gasteiger partial charge is 0.138 e. The third-order valence-electron chi connectivity index (χ3n) is 3.58. The minimum Gasteiger partial charge on any atom is -0.340 e. The second-order valence-electron chi connectivity index (χ2n) is 5.37. The van der Waals surface area contributed by atoms with Crippen molar-refractivity contribution >= 4 is 23.0 Å². The maximum Gasteiger partial charge on any atom is 0.138 e. The molecule has 0 atom stereocenters. The summed E-state index contributed by atoms with van der Waals surface area (Å²) in [5, 5.41) is 3.14. The van der Waals surface area contributed by atoms with Crippen LogP contribution in [0.15, 0.2) is 60.7 Å². The molecule has 0 bridgehead atoms. The van der Waals surface area contributed by atoms with E-state index < -0.39 is 0 Å². The van der Waals surface area contributed by atoms with Crippen LogP contribution in [0.25, 0.3) is 0 Å². The van der Waals surface area contributed by atoms with E-state index in [0.29, 0.717) is 17.3 Å². The van der Waals surface area contributed by atoms with Crippen LogP contribution in [0.1, 0.15) is 12.7 Å². The molecular formula is C19H19FN4. The van der Waals surface area contributed by atoms with Crippen molar-refractivity contribution in [1.82, 2.24) is 9.97 Å². The Hall–Kier alpha value is -2.95. The standard InChI is InChI=1S/C19H19FN4/c1-3-24(17-10-5-4-6-11-17)19-13-18(21-14(2)22-19)23-16-9-7-8-15(20)12-16/h4-13H,3H2,1-2H3,(H,21,22,23). The molecule has 3 rings (SSSR count). The maximum absolute atomic E-state index is 13.4. The second-order valence-corrected chi connectivity index (χ2v) is 5.37. The van der Waals surface area contributed by atoms with Crippen molar-refractivity contribution < 1.29 is 4.39 Å². The molecule has 0 saturated carbocycles. The van der Waals surface area contributed by atoms with E-state index in [1.807, 2.05) is 43.3 Å². The summed E-state index contributed by atoms with van der Waals surface area (Å²) >= 11 is 0. The molecule has 3 aromatic rings. The maximum atomic E-state index is 13.4. The van der Waals surface area contributed by atoms with Crippen molar-refractivity contribution in [3.63, 3.8) is 0 Å². The number of hydrogen-bond donors (Lipinski definition) is 1. The molecule has 0 amide bonds. The number of aryl methyl sites for hydroxylation is 1. The third-order valence-corrected chi connectivity index (χ3v) is 3.58. The van der Waals surface area contributed by atoms with Gasteiger partial charge in [-0.2, -0.15) is 0 Å². The summed E-state index contributed by atoms with van der Waals surface area (Å²) in [6, 6.07) is 18.2. The van der Waals surface area contributed by atoms with Gasteiger partial charge in [-0.05, 0) is 44.2 Å². The lowest BCUT2D eigenvalue weighted by Gasteiger charge is -2.23. The molecule has 0 radical (unpaired) electrons. The highest BCUT2D eigenvalue weighted by Gasteiger charge is 2.11. The lowest BCUT2D eigenvalue weighted by molar-refractivity contribution is 0.628. The number of benzene rings is 2. The minimum atomic E-state index is -0.287. The Bertz CT molecular complexity index is 821. The summed E-state index contributed by atoms with van der Waals surface area (Å²) < 4.78 is 13.4. The van der Waals surface area contributed by atoms with E-state index in [2.05, 4.69) is 27.1 Å². The Kier molecular flexibility index (Phi) is 4.70. The average molecular weight is 322 g/mol. The van der Waals surface area contributed by atoms with Crippen molar-refractivity contribution in [2.24, 2.45) is 0 Å². The van der Waals surface area contributed by atoms with Crippen LogP contribution in [-0.4, -0.2) is 16.5 Å². The fourth-order valence-corrected chi connectivity index (χ4v) is 2.55. The molecule has 1 heterocycles. The Morgan fingerprint density at radius 3 is 2.50 bits per heavy atom. The molecule has 0 spiro atoms. The van der Waals surface area contributed by atoms with Crippen LogP contribution in [-0.2, 0) is 0 Å². The summed E-state index contributed by atoms with van der Waals surface area (Å²) in [6.45, 7) is 4.70. The summed E-state index contributed by atoms with van der Waals surface area (Å²) in [5.41, 5.74) is 1.72. The molecule has 0 aliphatic heterocycles. The van der Waals surface area contributed by atoms with Crippen molar-refractivity contribution in [2.75, 3.05) is 16.8 Å². The van der Waals surface area contributed by atoms with E-state index in [-0.39, 0.29) is 5.82 Å². The normalized spacial score (nSPS) is 10.5. The molecule has 0 aliphatic rings. The average Bonchev–Trinajstić information content (AvgIpc) is 2.56. The van der Waals surface area contributed by atoms with Crippen LogP contribution in [0, 0.1) is 12.7 Å². The fraction of sp³-hybridized carbons (Fsp3) is 0.158. The first kappa shape index (κ1) is 15.9. The molecule has 4 nitrogen and oxygen atoms in total. The minimum absolute atomic E-state index is 0.287. The second kappa shape index (κ2) is 7.08. The zero-order valence-corrected chi connectivity index (χ0v) is 13.7. The van der Waals surface area contributed by atoms with Crippen LogP contribution in [0.3, 0.4) is 0 Å². The quantitative estimate of drug-likeness (QED) is 0.731. The van der Waals surface area contributed by atoms with Gasteiger partial charge in [-0.1, -0.05) is 24.3 Å². The zero-order valence-electron chi connectivity index (χ0n) is 13.7. The molecule has 0 saturated heterocycles. The first-order valence-electron chi connectivity index (χ1n) is 7.86. The van der Waals surface area contributed by atoms with Crippen LogP contribution in [0.5, 0.6) is 0 Å². The van der Waals surface area contributed by atoms with Crippen LogP contribution in [0.4, 0.5) is 27.4 Å². The first-order chi connectivity index (χ1) is 11.7. The van der Waals surface area contributed by atoms with Crippen molar-refractivity contribution in [1.29, 1.82) is 0 Å². The predicted octanol–water partition coefficient (Wildman–Crippen LogP) is 4.83. The Morgan fingerprint density at radius 2 is 1.79 bits per heavy atom. The summed E-state index contributed by atoms with van der Waals surface area (Å²) in [6.07, 6.45) is 0. The van der Waals surface area contributed by atoms with Gasteiger partial charge in [0.2, 0.25) is 0 Å². The van der Waals surface area contributed by atoms with Crippen molar-refractivity contribution in [3.8, 4) is 0 Å². The molecule has 0 aliphatic carbocycles. The van der Waals surface area contributed by atoms with Crippen molar-refractivity contribution in [3.05, 3.63) is 72.3 Å². The number of para-hydroxylation sites is 1. The van der Waals surface area contributed by atoms with Gasteiger partial charge in [0, 0.05) is 24.0 Å². The topological polar surface area (TPSA) is 41.0 Å². The Labute approximate surface area is 141 Å². The Morgan fingerprint density at radius 1 is 1.00 bits per heavy atom. The number of hydrogen-bond acceptors (Lipinski definition) is 4. The highest BCUT2D eigenvalue weighted by molar-refractivity contribution is 5.65. The van der Waals surface area contributed by atoms with E-state index in [9.17, 15) is 4.39 Å². The van der Waals surface area contributed by atoms with Gasteiger partial charge >= 0.3 is 0 Å². The molecule has 24 heavy (non-hydrogen) atoms. The number of anilines is 4. The number of nitrogens with zero attached hydrogens (tertiary/aromatic N) is 3. The zero-order chi connectivity index (χ0) is 16.9. The number of nitrogens with one attached hydrogen (secondary N) is 1. The van der Waals surface area contributed by atoms with Gasteiger partial charge < -0.3 is 10.2 Å². The SMILES string of the molecule is CCN(c1ccccc1)c1cc(Nc2cccc(F)c2)nc(C)n1. The molecule has 0 unspecified atom stereocenters. The highest BCUT2D eigenvalue weighted by Crippen LogP contribution is 2.26. The molecule has 5 heteroatoms. The monoisotopic (exact) mass is 322 g/mol. The third kappa shape index (κ3) is 3.68. The molecular weight excluding hydrogens is 303 g/mol. The number of rotatable bonds is 5. The summed E-state index contributed by atoms with van der Waals surface area (Å²) in [7, 11) is 0. The van der Waals surface area contributed by atoms with Crippen LogP contribution < -0.4 is 10.2 Å². The molecule has 2 aromatic carbocycles. The summed E-state index contributed by atoms with van der Waals surface area (Å²) in [5.74, 6) is 1.80. The fourth-order valence-electron chi connectivity index (χ4n) is 2.55. The largest absolute Gasteiger partial charge is 0.340 e. The van der Waals surface area contributed by atoms with Gasteiger partial charge in [0.15, 0.2) is 0 Å². The van der Waals surface area contributed by atoms with Crippen molar-refractivity contribution in [2.45, 2.75) is 13.8 Å². The van der Waals surface area contributed by atoms with Gasteiger partial charge in [-0.15, -0.1) is 0 Å². The van der Waals surface area contributed by atoms with Gasteiger partial charge in [0.05, 0.1) is 0 Å². The van der Waals surface area contributed by atoms with E-state index in [4.69, 9.17) is 0 Å². The van der Waals surface area contributed by atoms with Gasteiger partial charge in [0.25, 0.3) is 0 Å². The van der Waals surface area contributed by atoms with E-state index in [1.54, 1.807) is 12.1 Å². The van der Waals surface area contributed by atoms with Crippen LogP contribution in [0.2, 0.25) is 0 Å². The lowest BCUT2D eigenvalue weighted by atomic mass is 10.2. The van der Waals surface area contributed by atoms with Gasteiger partial charge in [-0.3, -0.25) is 0 Å². The van der Waals surface area contributed by atoms with Crippen LogP contribution >= 0.6 is 0 Å². The molecule has 1 aromatic heterocycles. The first-order valence-corrected chi connectivity index (χ1v) is 7.86.